The fourth-order valence-electron chi connectivity index (χ4n) is 4.07. The largest absolute Gasteiger partial charge is 0.342 e. The molecule has 2 aromatic heterocycles. The Balaban J connectivity index is 1.40. The van der Waals surface area contributed by atoms with Gasteiger partial charge in [0.15, 0.2) is 11.0 Å². The van der Waals surface area contributed by atoms with Crippen molar-refractivity contribution < 1.29 is 9.59 Å². The number of thioether (sulfide) groups is 1. The number of hydrogen-bond acceptors (Lipinski definition) is 7. The van der Waals surface area contributed by atoms with Gasteiger partial charge >= 0.3 is 0 Å². The topological polar surface area (TPSA) is 113 Å². The molecule has 0 spiro atoms. The number of anilines is 1. The van der Waals surface area contributed by atoms with Gasteiger partial charge in [-0.3, -0.25) is 9.59 Å². The summed E-state index contributed by atoms with van der Waals surface area (Å²) >= 11 is 14.7. The summed E-state index contributed by atoms with van der Waals surface area (Å²) in [4.78, 5) is 26.6. The van der Waals surface area contributed by atoms with Crippen molar-refractivity contribution in [3.8, 4) is 6.07 Å². The van der Waals surface area contributed by atoms with E-state index in [2.05, 4.69) is 26.9 Å². The van der Waals surface area contributed by atoms with E-state index in [1.54, 1.807) is 12.1 Å². The Kier molecular flexibility index (Phi) is 8.57. The first kappa shape index (κ1) is 26.5. The van der Waals surface area contributed by atoms with Crippen molar-refractivity contribution in [3.05, 3.63) is 55.6 Å². The van der Waals surface area contributed by atoms with Crippen molar-refractivity contribution in [2.45, 2.75) is 57.3 Å². The number of aryl methyl sites for hydroxylation is 1. The summed E-state index contributed by atoms with van der Waals surface area (Å²) < 4.78 is 1.86. The lowest BCUT2D eigenvalue weighted by Gasteiger charge is -2.15. The zero-order valence-electron chi connectivity index (χ0n) is 19.7. The van der Waals surface area contributed by atoms with Crippen molar-refractivity contribution in [1.82, 2.24) is 20.1 Å². The van der Waals surface area contributed by atoms with Gasteiger partial charge in [-0.15, -0.1) is 21.5 Å². The fraction of sp³-hybridized carbons (Fsp3) is 0.375. The maximum atomic E-state index is 12.7. The first-order valence-electron chi connectivity index (χ1n) is 11.5. The maximum Gasteiger partial charge on any atom is 0.251 e. The lowest BCUT2D eigenvalue weighted by atomic mass is 9.96. The molecule has 8 nitrogen and oxygen atoms in total. The molecule has 0 radical (unpaired) electrons. The minimum Gasteiger partial charge on any atom is -0.342 e. The molecular weight excluding hydrogens is 539 g/mol. The molecule has 0 unspecified atom stereocenters. The van der Waals surface area contributed by atoms with E-state index in [-0.39, 0.29) is 17.6 Å². The minimum absolute atomic E-state index is 0.121. The molecule has 0 aliphatic heterocycles. The van der Waals surface area contributed by atoms with Crippen LogP contribution in [0.25, 0.3) is 0 Å². The molecule has 0 bridgehead atoms. The van der Waals surface area contributed by atoms with Crippen LogP contribution in [0.15, 0.2) is 23.4 Å². The number of hydrogen-bond donors (Lipinski definition) is 2. The second-order valence-electron chi connectivity index (χ2n) is 8.27. The third-order valence-corrected chi connectivity index (χ3v) is 8.76. The van der Waals surface area contributed by atoms with Gasteiger partial charge in [0.25, 0.3) is 5.91 Å². The molecule has 1 aliphatic rings. The number of amides is 2. The standard InChI is InChI=1S/C24H24Cl2N6O2S2/c1-3-32-21(13(2)28-22(34)14-8-9-17(25)18(26)10-14)30-31-24(32)35-12-20(33)29-23-16(11-27)15-6-4-5-7-19(15)36-23/h8-10,13H,3-7,12H2,1-2H3,(H,28,34)(H,29,33)/t13-/m0/s1. The Morgan fingerprint density at radius 3 is 2.75 bits per heavy atom. The summed E-state index contributed by atoms with van der Waals surface area (Å²) in [6.45, 7) is 4.32. The van der Waals surface area contributed by atoms with Crippen LogP contribution in [-0.4, -0.2) is 32.3 Å². The number of thiophene rings is 1. The van der Waals surface area contributed by atoms with Gasteiger partial charge in [-0.1, -0.05) is 35.0 Å². The van der Waals surface area contributed by atoms with Crippen LogP contribution in [0.3, 0.4) is 0 Å². The molecule has 0 fully saturated rings. The van der Waals surface area contributed by atoms with E-state index in [1.165, 1.54) is 34.0 Å². The molecule has 188 valence electrons. The molecule has 36 heavy (non-hydrogen) atoms. The smallest absolute Gasteiger partial charge is 0.251 e. The highest BCUT2D eigenvalue weighted by atomic mass is 35.5. The Morgan fingerprint density at radius 1 is 1.25 bits per heavy atom. The number of benzene rings is 1. The Labute approximate surface area is 227 Å². The van der Waals surface area contributed by atoms with E-state index in [0.717, 1.165) is 31.2 Å². The van der Waals surface area contributed by atoms with Crippen LogP contribution >= 0.6 is 46.3 Å². The van der Waals surface area contributed by atoms with Crippen LogP contribution in [-0.2, 0) is 24.2 Å². The first-order chi connectivity index (χ1) is 17.3. The van der Waals surface area contributed by atoms with Crippen LogP contribution in [0.4, 0.5) is 5.00 Å². The Morgan fingerprint density at radius 2 is 2.03 bits per heavy atom. The number of halogens is 2. The molecule has 3 aromatic rings. The highest BCUT2D eigenvalue weighted by Crippen LogP contribution is 2.37. The molecule has 2 heterocycles. The van der Waals surface area contributed by atoms with Crippen molar-refractivity contribution >= 4 is 63.1 Å². The second-order valence-corrected chi connectivity index (χ2v) is 11.1. The first-order valence-corrected chi connectivity index (χ1v) is 14.0. The van der Waals surface area contributed by atoms with Crippen molar-refractivity contribution in [3.63, 3.8) is 0 Å². The van der Waals surface area contributed by atoms with E-state index in [0.29, 0.717) is 43.7 Å². The summed E-state index contributed by atoms with van der Waals surface area (Å²) in [6, 6.07) is 6.52. The number of nitriles is 1. The monoisotopic (exact) mass is 562 g/mol. The predicted octanol–water partition coefficient (Wildman–Crippen LogP) is 5.64. The summed E-state index contributed by atoms with van der Waals surface area (Å²) in [7, 11) is 0. The van der Waals surface area contributed by atoms with Gasteiger partial charge in [0.1, 0.15) is 11.1 Å². The average molecular weight is 564 g/mol. The van der Waals surface area contributed by atoms with E-state index in [4.69, 9.17) is 23.2 Å². The third kappa shape index (κ3) is 5.70. The van der Waals surface area contributed by atoms with E-state index in [9.17, 15) is 14.9 Å². The van der Waals surface area contributed by atoms with Gasteiger partial charge in [0.2, 0.25) is 5.91 Å². The quantitative estimate of drug-likeness (QED) is 0.343. The van der Waals surface area contributed by atoms with Gasteiger partial charge in [-0.05, 0) is 63.3 Å². The lowest BCUT2D eigenvalue weighted by Crippen LogP contribution is -2.28. The van der Waals surface area contributed by atoms with Gasteiger partial charge in [0.05, 0.1) is 27.4 Å². The molecule has 4 rings (SSSR count). The fourth-order valence-corrected chi connectivity index (χ4v) is 6.43. The summed E-state index contributed by atoms with van der Waals surface area (Å²) in [5, 5.41) is 25.8. The van der Waals surface area contributed by atoms with Gasteiger partial charge < -0.3 is 15.2 Å². The van der Waals surface area contributed by atoms with Crippen LogP contribution < -0.4 is 10.6 Å². The summed E-state index contributed by atoms with van der Waals surface area (Å²) in [6.07, 6.45) is 4.04. The zero-order valence-corrected chi connectivity index (χ0v) is 22.9. The molecule has 2 N–H and O–H groups in total. The molecule has 1 aliphatic carbocycles. The minimum atomic E-state index is -0.432. The van der Waals surface area contributed by atoms with E-state index < -0.39 is 6.04 Å². The van der Waals surface area contributed by atoms with Gasteiger partial charge in [-0.2, -0.15) is 5.26 Å². The van der Waals surface area contributed by atoms with Crippen molar-refractivity contribution in [1.29, 1.82) is 5.26 Å². The van der Waals surface area contributed by atoms with E-state index >= 15 is 0 Å². The third-order valence-electron chi connectivity index (χ3n) is 5.85. The number of aromatic nitrogens is 3. The Bertz CT molecular complexity index is 1350. The summed E-state index contributed by atoms with van der Waals surface area (Å²) in [5.41, 5.74) is 2.07. The summed E-state index contributed by atoms with van der Waals surface area (Å²) in [5.74, 6) is 0.178. The number of carbonyl (C=O) groups is 2. The highest BCUT2D eigenvalue weighted by molar-refractivity contribution is 7.99. The van der Waals surface area contributed by atoms with Crippen molar-refractivity contribution in [2.24, 2.45) is 0 Å². The normalized spacial score (nSPS) is 13.5. The average Bonchev–Trinajstić information content (AvgIpc) is 3.44. The predicted molar refractivity (Wildman–Crippen MR) is 143 cm³/mol. The van der Waals surface area contributed by atoms with Crippen LogP contribution in [0, 0.1) is 11.3 Å². The molecular formula is C24H24Cl2N6O2S2. The molecule has 0 saturated heterocycles. The number of nitrogens with one attached hydrogen (secondary N) is 2. The number of rotatable bonds is 8. The van der Waals surface area contributed by atoms with Gasteiger partial charge in [-0.25, -0.2) is 0 Å². The van der Waals surface area contributed by atoms with Crippen LogP contribution in [0.5, 0.6) is 0 Å². The Hall–Kier alpha value is -2.58. The number of nitrogens with zero attached hydrogens (tertiary/aromatic N) is 4. The lowest BCUT2D eigenvalue weighted by molar-refractivity contribution is -0.113. The second kappa shape index (κ2) is 11.6. The number of fused-ring (bicyclic) bond motifs is 1. The number of carbonyl (C=O) groups excluding carboxylic acids is 2. The highest BCUT2D eigenvalue weighted by Gasteiger charge is 2.23. The molecule has 0 saturated carbocycles. The van der Waals surface area contributed by atoms with Gasteiger partial charge in [0, 0.05) is 17.0 Å². The van der Waals surface area contributed by atoms with Crippen molar-refractivity contribution in [2.75, 3.05) is 11.1 Å². The molecule has 1 aromatic carbocycles. The zero-order chi connectivity index (χ0) is 25.8. The SMILES string of the molecule is CCn1c(SCC(=O)Nc2sc3c(c2C#N)CCCC3)nnc1[C@H](C)NC(=O)c1ccc(Cl)c(Cl)c1. The van der Waals surface area contributed by atoms with Crippen LogP contribution in [0.2, 0.25) is 10.0 Å². The maximum absolute atomic E-state index is 12.7. The molecule has 12 heteroatoms. The molecule has 1 atom stereocenters. The van der Waals surface area contributed by atoms with Crippen LogP contribution in [0.1, 0.15) is 64.9 Å². The molecule has 2 amide bonds. The van der Waals surface area contributed by atoms with E-state index in [1.807, 2.05) is 18.4 Å².